The Morgan fingerprint density at radius 1 is 1.31 bits per heavy atom. The number of carboxylic acid groups (broad SMARTS) is 1. The highest BCUT2D eigenvalue weighted by atomic mass is 16.7. The highest BCUT2D eigenvalue weighted by molar-refractivity contribution is 5.73. The zero-order valence-corrected chi connectivity index (χ0v) is 9.53. The summed E-state index contributed by atoms with van der Waals surface area (Å²) in [6, 6.07) is 0. The van der Waals surface area contributed by atoms with Crippen LogP contribution in [0, 0.1) is 5.92 Å². The van der Waals surface area contributed by atoms with Crippen LogP contribution in [0.3, 0.4) is 0 Å². The fourth-order valence-corrected chi connectivity index (χ4v) is 1.62. The molecule has 0 spiro atoms. The van der Waals surface area contributed by atoms with Gasteiger partial charge in [0.25, 0.3) is 0 Å². The van der Waals surface area contributed by atoms with Gasteiger partial charge in [0.2, 0.25) is 0 Å². The second-order valence-electron chi connectivity index (χ2n) is 4.29. The van der Waals surface area contributed by atoms with Crippen LogP contribution in [0.4, 0.5) is 0 Å². The molecule has 0 aromatic heterocycles. The van der Waals surface area contributed by atoms with E-state index in [0.717, 1.165) is 0 Å². The average molecular weight is 234 g/mol. The quantitative estimate of drug-likeness (QED) is 0.613. The topological polar surface area (TPSA) is 96.2 Å². The molecule has 1 heterocycles. The van der Waals surface area contributed by atoms with Crippen LogP contribution in [0.15, 0.2) is 0 Å². The molecule has 1 saturated heterocycles. The molecule has 6 heteroatoms. The van der Waals surface area contributed by atoms with Crippen LogP contribution in [0.5, 0.6) is 0 Å². The van der Waals surface area contributed by atoms with Crippen LogP contribution < -0.4 is 0 Å². The Labute approximate surface area is 93.8 Å². The highest BCUT2D eigenvalue weighted by Gasteiger charge is 2.46. The van der Waals surface area contributed by atoms with Crippen LogP contribution in [-0.4, -0.2) is 52.0 Å². The summed E-state index contributed by atoms with van der Waals surface area (Å²) < 4.78 is 10.3. The molecule has 5 atom stereocenters. The Hall–Kier alpha value is -0.690. The zero-order valence-electron chi connectivity index (χ0n) is 9.53. The van der Waals surface area contributed by atoms with E-state index < -0.39 is 36.5 Å². The van der Waals surface area contributed by atoms with Gasteiger partial charge in [-0.3, -0.25) is 0 Å². The zero-order chi connectivity index (χ0) is 12.5. The molecule has 0 saturated carbocycles. The molecule has 6 nitrogen and oxygen atoms in total. The van der Waals surface area contributed by atoms with Crippen LogP contribution >= 0.6 is 0 Å². The number of carbonyl (C=O) groups is 1. The molecule has 94 valence electrons. The third-order valence-corrected chi connectivity index (χ3v) is 2.60. The van der Waals surface area contributed by atoms with Crippen LogP contribution in [-0.2, 0) is 14.3 Å². The van der Waals surface area contributed by atoms with Crippen molar-refractivity contribution in [2.45, 2.75) is 51.5 Å². The van der Waals surface area contributed by atoms with E-state index in [2.05, 4.69) is 0 Å². The van der Waals surface area contributed by atoms with E-state index in [1.165, 1.54) is 0 Å². The number of hydrogen-bond acceptors (Lipinski definition) is 5. The lowest BCUT2D eigenvalue weighted by Gasteiger charge is -2.40. The van der Waals surface area contributed by atoms with Crippen molar-refractivity contribution >= 4 is 5.97 Å². The smallest absolute Gasteiger partial charge is 0.335 e. The number of ether oxygens (including phenoxy) is 2. The van der Waals surface area contributed by atoms with E-state index in [1.807, 2.05) is 0 Å². The fraction of sp³-hybridized carbons (Fsp3) is 0.900. The van der Waals surface area contributed by atoms with Crippen molar-refractivity contribution in [3.8, 4) is 0 Å². The average Bonchev–Trinajstić information content (AvgIpc) is 2.18. The van der Waals surface area contributed by atoms with Gasteiger partial charge in [-0.15, -0.1) is 0 Å². The lowest BCUT2D eigenvalue weighted by Crippen LogP contribution is -2.56. The van der Waals surface area contributed by atoms with Crippen molar-refractivity contribution in [3.05, 3.63) is 0 Å². The van der Waals surface area contributed by atoms with Crippen LogP contribution in [0.2, 0.25) is 0 Å². The first-order valence-electron chi connectivity index (χ1n) is 5.24. The summed E-state index contributed by atoms with van der Waals surface area (Å²) in [5.74, 6) is -1.87. The molecule has 0 unspecified atom stereocenters. The largest absolute Gasteiger partial charge is 0.479 e. The molecule has 1 aliphatic heterocycles. The molecule has 16 heavy (non-hydrogen) atoms. The first kappa shape index (κ1) is 13.4. The fourth-order valence-electron chi connectivity index (χ4n) is 1.62. The second kappa shape index (κ2) is 5.09. The summed E-state index contributed by atoms with van der Waals surface area (Å²) in [6.45, 7) is 5.06. The summed E-state index contributed by atoms with van der Waals surface area (Å²) >= 11 is 0. The van der Waals surface area contributed by atoms with Crippen LogP contribution in [0.25, 0.3) is 0 Å². The molecule has 0 aliphatic carbocycles. The van der Waals surface area contributed by atoms with Crippen molar-refractivity contribution in [1.29, 1.82) is 0 Å². The molecule has 0 amide bonds. The van der Waals surface area contributed by atoms with E-state index in [1.54, 1.807) is 20.8 Å². The predicted molar refractivity (Wildman–Crippen MR) is 53.7 cm³/mol. The molecular weight excluding hydrogens is 216 g/mol. The molecule has 1 rings (SSSR count). The van der Waals surface area contributed by atoms with Crippen molar-refractivity contribution < 1.29 is 29.6 Å². The summed E-state index contributed by atoms with van der Waals surface area (Å²) in [6.07, 6.45) is -4.84. The number of aliphatic hydroxyl groups is 2. The summed E-state index contributed by atoms with van der Waals surface area (Å²) in [5, 5.41) is 28.2. The first-order chi connectivity index (χ1) is 7.34. The lowest BCUT2D eigenvalue weighted by atomic mass is 9.90. The van der Waals surface area contributed by atoms with E-state index in [-0.39, 0.29) is 6.10 Å². The predicted octanol–water partition coefficient (Wildman–Crippen LogP) is -0.421. The van der Waals surface area contributed by atoms with Gasteiger partial charge in [0.15, 0.2) is 12.4 Å². The Morgan fingerprint density at radius 2 is 1.88 bits per heavy atom. The summed E-state index contributed by atoms with van der Waals surface area (Å²) in [7, 11) is 0. The number of aliphatic carboxylic acids is 1. The molecule has 1 fully saturated rings. The van der Waals surface area contributed by atoms with Gasteiger partial charge in [-0.1, -0.05) is 6.92 Å². The third-order valence-electron chi connectivity index (χ3n) is 2.60. The van der Waals surface area contributed by atoms with Crippen molar-refractivity contribution in [3.63, 3.8) is 0 Å². The summed E-state index contributed by atoms with van der Waals surface area (Å²) in [5.41, 5.74) is 0. The molecular formula is C10H18O6. The van der Waals surface area contributed by atoms with Gasteiger partial charge in [-0.05, 0) is 13.8 Å². The van der Waals surface area contributed by atoms with Crippen molar-refractivity contribution in [1.82, 2.24) is 0 Å². The maximum atomic E-state index is 10.8. The second-order valence-corrected chi connectivity index (χ2v) is 4.29. The number of aliphatic hydroxyl groups excluding tert-OH is 2. The van der Waals surface area contributed by atoms with E-state index in [9.17, 15) is 15.0 Å². The highest BCUT2D eigenvalue weighted by Crippen LogP contribution is 2.27. The van der Waals surface area contributed by atoms with E-state index in [4.69, 9.17) is 14.6 Å². The minimum Gasteiger partial charge on any atom is -0.479 e. The standard InChI is InChI=1S/C10H18O6/c1-4(2)15-10-7(12)5(3)6(11)8(16-10)9(13)14/h4-8,10-12H,1-3H3,(H,13,14)/t5-,6-,7+,8-,10+/m1/s1. The Balaban J connectivity index is 2.77. The van der Waals surface area contributed by atoms with Crippen LogP contribution in [0.1, 0.15) is 20.8 Å². The number of carboxylic acids is 1. The third kappa shape index (κ3) is 2.70. The van der Waals surface area contributed by atoms with Crippen molar-refractivity contribution in [2.24, 2.45) is 5.92 Å². The van der Waals surface area contributed by atoms with E-state index >= 15 is 0 Å². The monoisotopic (exact) mass is 234 g/mol. The van der Waals surface area contributed by atoms with Crippen molar-refractivity contribution in [2.75, 3.05) is 0 Å². The van der Waals surface area contributed by atoms with Gasteiger partial charge in [-0.2, -0.15) is 0 Å². The molecule has 0 aromatic carbocycles. The molecule has 0 radical (unpaired) electrons. The molecule has 1 aliphatic rings. The van der Waals surface area contributed by atoms with Gasteiger partial charge < -0.3 is 24.8 Å². The van der Waals surface area contributed by atoms with Gasteiger partial charge in [0.1, 0.15) is 6.10 Å². The molecule has 3 N–H and O–H groups in total. The Morgan fingerprint density at radius 3 is 2.31 bits per heavy atom. The minimum absolute atomic E-state index is 0.198. The Kier molecular flexibility index (Phi) is 4.26. The molecule has 0 bridgehead atoms. The van der Waals surface area contributed by atoms with Gasteiger partial charge >= 0.3 is 5.97 Å². The van der Waals surface area contributed by atoms with E-state index in [0.29, 0.717) is 0 Å². The van der Waals surface area contributed by atoms with Gasteiger partial charge in [0.05, 0.1) is 12.2 Å². The maximum absolute atomic E-state index is 10.8. The van der Waals surface area contributed by atoms with Gasteiger partial charge in [-0.25, -0.2) is 4.79 Å². The maximum Gasteiger partial charge on any atom is 0.335 e. The lowest BCUT2D eigenvalue weighted by molar-refractivity contribution is -0.289. The Bertz CT molecular complexity index is 254. The van der Waals surface area contributed by atoms with Gasteiger partial charge in [0, 0.05) is 5.92 Å². The molecule has 0 aromatic rings. The first-order valence-corrected chi connectivity index (χ1v) is 5.24. The minimum atomic E-state index is -1.36. The number of rotatable bonds is 3. The SMILES string of the molecule is CC(C)O[C@H]1O[C@@H](C(=O)O)[C@H](O)[C@@H](C)[C@@H]1O. The number of hydrogen-bond donors (Lipinski definition) is 3. The summed E-state index contributed by atoms with van der Waals surface area (Å²) in [4.78, 5) is 10.8. The normalized spacial score (nSPS) is 40.0.